The standard InChI is InChI=1S/C21H20ClFN2O3/c22-17-8-16(6-7-18(17)23)20(27)25-12-21(13-25)11-24(19(26)10-28-14-21)9-15-4-2-1-3-5-15/h1-8H,9-14H2. The molecule has 0 radical (unpaired) electrons. The molecule has 2 heterocycles. The lowest BCUT2D eigenvalue weighted by atomic mass is 9.79. The first-order valence-electron chi connectivity index (χ1n) is 9.10. The lowest BCUT2D eigenvalue weighted by Crippen LogP contribution is -2.63. The van der Waals surface area contributed by atoms with E-state index in [1.807, 2.05) is 30.3 Å². The van der Waals surface area contributed by atoms with E-state index in [2.05, 4.69) is 0 Å². The fraction of sp³-hybridized carbons (Fsp3) is 0.333. The van der Waals surface area contributed by atoms with Gasteiger partial charge in [-0.3, -0.25) is 9.59 Å². The van der Waals surface area contributed by atoms with Gasteiger partial charge >= 0.3 is 0 Å². The highest BCUT2D eigenvalue weighted by molar-refractivity contribution is 6.31. The maximum absolute atomic E-state index is 13.3. The van der Waals surface area contributed by atoms with Crippen LogP contribution in [0, 0.1) is 11.2 Å². The molecule has 0 unspecified atom stereocenters. The zero-order chi connectivity index (χ0) is 19.7. The average molecular weight is 403 g/mol. The zero-order valence-corrected chi connectivity index (χ0v) is 16.0. The van der Waals surface area contributed by atoms with Crippen molar-refractivity contribution >= 4 is 23.4 Å². The first kappa shape index (κ1) is 18.9. The Kier molecular flexibility index (Phi) is 5.08. The summed E-state index contributed by atoms with van der Waals surface area (Å²) in [6.07, 6.45) is 0. The van der Waals surface area contributed by atoms with Crippen LogP contribution in [0.3, 0.4) is 0 Å². The smallest absolute Gasteiger partial charge is 0.253 e. The fourth-order valence-corrected chi connectivity index (χ4v) is 4.02. The molecule has 5 nitrogen and oxygen atoms in total. The highest BCUT2D eigenvalue weighted by Crippen LogP contribution is 2.35. The summed E-state index contributed by atoms with van der Waals surface area (Å²) in [6, 6.07) is 13.8. The molecule has 2 aliphatic heterocycles. The summed E-state index contributed by atoms with van der Waals surface area (Å²) >= 11 is 5.79. The van der Waals surface area contributed by atoms with Crippen molar-refractivity contribution < 1.29 is 18.7 Å². The van der Waals surface area contributed by atoms with Gasteiger partial charge in [0.1, 0.15) is 12.4 Å². The Morgan fingerprint density at radius 3 is 2.61 bits per heavy atom. The minimum atomic E-state index is -0.550. The molecular weight excluding hydrogens is 383 g/mol. The van der Waals surface area contributed by atoms with Crippen LogP contribution >= 0.6 is 11.6 Å². The molecule has 2 aromatic rings. The summed E-state index contributed by atoms with van der Waals surface area (Å²) < 4.78 is 18.9. The van der Waals surface area contributed by atoms with Gasteiger partial charge in [0, 0.05) is 37.2 Å². The Balaban J connectivity index is 1.44. The van der Waals surface area contributed by atoms with E-state index in [-0.39, 0.29) is 28.9 Å². The Hall–Kier alpha value is -2.44. The molecule has 2 aromatic carbocycles. The molecule has 0 aromatic heterocycles. The Morgan fingerprint density at radius 1 is 1.14 bits per heavy atom. The van der Waals surface area contributed by atoms with E-state index in [9.17, 15) is 14.0 Å². The molecule has 0 saturated carbocycles. The second-order valence-electron chi connectivity index (χ2n) is 7.52. The van der Waals surface area contributed by atoms with Gasteiger partial charge in [0.25, 0.3) is 5.91 Å². The van der Waals surface area contributed by atoms with Crippen LogP contribution in [0.2, 0.25) is 5.02 Å². The molecule has 0 atom stereocenters. The number of nitrogens with zero attached hydrogens (tertiary/aromatic N) is 2. The fourth-order valence-electron chi connectivity index (χ4n) is 3.84. The summed E-state index contributed by atoms with van der Waals surface area (Å²) in [7, 11) is 0. The molecule has 2 saturated heterocycles. The van der Waals surface area contributed by atoms with E-state index < -0.39 is 5.82 Å². The molecule has 7 heteroatoms. The third kappa shape index (κ3) is 3.75. The van der Waals surface area contributed by atoms with E-state index in [0.717, 1.165) is 5.56 Å². The van der Waals surface area contributed by atoms with Crippen LogP contribution in [-0.4, -0.2) is 54.5 Å². The van der Waals surface area contributed by atoms with Crippen molar-refractivity contribution in [2.24, 2.45) is 5.41 Å². The number of rotatable bonds is 3. The molecule has 28 heavy (non-hydrogen) atoms. The van der Waals surface area contributed by atoms with E-state index in [1.165, 1.54) is 18.2 Å². The van der Waals surface area contributed by atoms with Crippen LogP contribution in [0.25, 0.3) is 0 Å². The molecular formula is C21H20ClFN2O3. The van der Waals surface area contributed by atoms with Crippen LogP contribution in [-0.2, 0) is 16.1 Å². The van der Waals surface area contributed by atoms with Crippen molar-refractivity contribution in [1.82, 2.24) is 9.80 Å². The molecule has 0 bridgehead atoms. The van der Waals surface area contributed by atoms with Gasteiger partial charge in [-0.2, -0.15) is 0 Å². The first-order chi connectivity index (χ1) is 13.5. The molecule has 146 valence electrons. The highest BCUT2D eigenvalue weighted by atomic mass is 35.5. The van der Waals surface area contributed by atoms with Crippen LogP contribution in [0.1, 0.15) is 15.9 Å². The van der Waals surface area contributed by atoms with E-state index in [0.29, 0.717) is 38.3 Å². The number of ether oxygens (including phenoxy) is 1. The molecule has 0 aliphatic carbocycles. The highest BCUT2D eigenvalue weighted by Gasteiger charge is 2.48. The molecule has 2 fully saturated rings. The van der Waals surface area contributed by atoms with E-state index in [4.69, 9.17) is 16.3 Å². The summed E-state index contributed by atoms with van der Waals surface area (Å²) in [4.78, 5) is 28.6. The molecule has 2 aliphatic rings. The maximum Gasteiger partial charge on any atom is 0.253 e. The summed E-state index contributed by atoms with van der Waals surface area (Å²) in [6.45, 7) is 2.51. The number of carbonyl (C=O) groups is 2. The van der Waals surface area contributed by atoms with Crippen LogP contribution in [0.15, 0.2) is 48.5 Å². The summed E-state index contributed by atoms with van der Waals surface area (Å²) in [5.41, 5.74) is 1.13. The van der Waals surface area contributed by atoms with Crippen molar-refractivity contribution in [3.8, 4) is 0 Å². The van der Waals surface area contributed by atoms with Gasteiger partial charge in [0.15, 0.2) is 0 Å². The Bertz CT molecular complexity index is 900. The largest absolute Gasteiger partial charge is 0.371 e. The molecule has 1 spiro atoms. The number of amides is 2. The van der Waals surface area contributed by atoms with Crippen LogP contribution in [0.4, 0.5) is 4.39 Å². The normalized spacial score (nSPS) is 18.7. The maximum atomic E-state index is 13.3. The lowest BCUT2D eigenvalue weighted by molar-refractivity contribution is -0.134. The SMILES string of the molecule is O=C1COCC2(CN1Cc1ccccc1)CN(C(=O)c1ccc(F)c(Cl)c1)C2. The van der Waals surface area contributed by atoms with Gasteiger partial charge in [0.05, 0.1) is 11.6 Å². The van der Waals surface area contributed by atoms with Crippen LogP contribution in [0.5, 0.6) is 0 Å². The van der Waals surface area contributed by atoms with Crippen LogP contribution < -0.4 is 0 Å². The predicted molar refractivity (Wildman–Crippen MR) is 102 cm³/mol. The van der Waals surface area contributed by atoms with Crippen molar-refractivity contribution in [2.45, 2.75) is 6.54 Å². The second kappa shape index (κ2) is 7.53. The number of benzene rings is 2. The average Bonchev–Trinajstić information content (AvgIpc) is 2.82. The van der Waals surface area contributed by atoms with E-state index in [1.54, 1.807) is 9.80 Å². The minimum absolute atomic E-state index is 0.0455. The number of halogens is 2. The number of hydrogen-bond acceptors (Lipinski definition) is 3. The predicted octanol–water partition coefficient (Wildman–Crippen LogP) is 2.98. The molecule has 2 amide bonds. The number of carbonyl (C=O) groups excluding carboxylic acids is 2. The lowest BCUT2D eigenvalue weighted by Gasteiger charge is -2.50. The topological polar surface area (TPSA) is 49.9 Å². The summed E-state index contributed by atoms with van der Waals surface area (Å²) in [5.74, 6) is -0.793. The van der Waals surface area contributed by atoms with Gasteiger partial charge in [-0.15, -0.1) is 0 Å². The van der Waals surface area contributed by atoms with Gasteiger partial charge in [-0.05, 0) is 23.8 Å². The van der Waals surface area contributed by atoms with Crippen molar-refractivity contribution in [3.05, 3.63) is 70.5 Å². The van der Waals surface area contributed by atoms with Gasteiger partial charge in [-0.1, -0.05) is 41.9 Å². The number of hydrogen-bond donors (Lipinski definition) is 0. The first-order valence-corrected chi connectivity index (χ1v) is 9.47. The Labute approximate surface area is 167 Å². The van der Waals surface area contributed by atoms with Gasteiger partial charge in [0.2, 0.25) is 5.91 Å². The third-order valence-electron chi connectivity index (χ3n) is 5.24. The number of likely N-dealkylation sites (tertiary alicyclic amines) is 1. The second-order valence-corrected chi connectivity index (χ2v) is 7.93. The van der Waals surface area contributed by atoms with Crippen molar-refractivity contribution in [2.75, 3.05) is 32.8 Å². The van der Waals surface area contributed by atoms with Gasteiger partial charge in [-0.25, -0.2) is 4.39 Å². The van der Waals surface area contributed by atoms with E-state index >= 15 is 0 Å². The zero-order valence-electron chi connectivity index (χ0n) is 15.2. The monoisotopic (exact) mass is 402 g/mol. The third-order valence-corrected chi connectivity index (χ3v) is 5.52. The minimum Gasteiger partial charge on any atom is -0.371 e. The summed E-state index contributed by atoms with van der Waals surface area (Å²) in [5, 5.41) is -0.0708. The molecule has 0 N–H and O–H groups in total. The van der Waals surface area contributed by atoms with Crippen molar-refractivity contribution in [1.29, 1.82) is 0 Å². The quantitative estimate of drug-likeness (QED) is 0.793. The Morgan fingerprint density at radius 2 is 1.89 bits per heavy atom. The van der Waals surface area contributed by atoms with Crippen molar-refractivity contribution in [3.63, 3.8) is 0 Å². The molecule has 4 rings (SSSR count). The van der Waals surface area contributed by atoms with Gasteiger partial charge < -0.3 is 14.5 Å².